The Bertz CT molecular complexity index is 823. The van der Waals surface area contributed by atoms with Gasteiger partial charge in [0.05, 0.1) is 19.1 Å². The van der Waals surface area contributed by atoms with Crippen LogP contribution >= 0.6 is 0 Å². The summed E-state index contributed by atoms with van der Waals surface area (Å²) < 4.78 is 0. The lowest BCUT2D eigenvalue weighted by molar-refractivity contribution is 0.316. The number of hydrogen-bond donors (Lipinski definition) is 1. The molecule has 162 valence electrons. The predicted molar refractivity (Wildman–Crippen MR) is 132 cm³/mol. The van der Waals surface area contributed by atoms with Crippen LogP contribution in [0, 0.1) is 12.8 Å². The average Bonchev–Trinajstić information content (AvgIpc) is 2.75. The Morgan fingerprint density at radius 2 is 1.63 bits per heavy atom. The summed E-state index contributed by atoms with van der Waals surface area (Å²) in [6.45, 7) is 19.2. The van der Waals surface area contributed by atoms with E-state index >= 15 is 0 Å². The van der Waals surface area contributed by atoms with Crippen LogP contribution in [0.3, 0.4) is 0 Å². The van der Waals surface area contributed by atoms with Gasteiger partial charge >= 0.3 is 0 Å². The van der Waals surface area contributed by atoms with Crippen molar-refractivity contribution in [3.8, 4) is 0 Å². The topological polar surface area (TPSA) is 27.6 Å². The highest BCUT2D eigenvalue weighted by atomic mass is 15.2. The summed E-state index contributed by atoms with van der Waals surface area (Å²) in [5.74, 6) is 0.439. The molecule has 1 N–H and O–H groups in total. The number of anilines is 1. The van der Waals surface area contributed by atoms with E-state index in [1.165, 1.54) is 16.8 Å². The Balaban J connectivity index is 2.16. The largest absolute Gasteiger partial charge is 0.379 e. The lowest BCUT2D eigenvalue weighted by Crippen LogP contribution is -2.38. The molecule has 2 aromatic rings. The molecule has 3 nitrogen and oxygen atoms in total. The summed E-state index contributed by atoms with van der Waals surface area (Å²) in [6, 6.07) is 19.5. The fourth-order valence-electron chi connectivity index (χ4n) is 3.52. The van der Waals surface area contributed by atoms with Gasteiger partial charge in [0.15, 0.2) is 0 Å². The highest BCUT2D eigenvalue weighted by Gasteiger charge is 2.19. The van der Waals surface area contributed by atoms with Crippen LogP contribution in [0.2, 0.25) is 0 Å². The Morgan fingerprint density at radius 3 is 2.23 bits per heavy atom. The molecule has 2 atom stereocenters. The summed E-state index contributed by atoms with van der Waals surface area (Å²) in [4.78, 5) is 7.55. The second-order valence-electron chi connectivity index (χ2n) is 8.47. The first-order valence-electron chi connectivity index (χ1n) is 11.2. The van der Waals surface area contributed by atoms with Crippen LogP contribution < -0.4 is 5.32 Å². The third kappa shape index (κ3) is 6.76. The van der Waals surface area contributed by atoms with Crippen molar-refractivity contribution in [1.82, 2.24) is 4.90 Å². The number of hydrogen-bond acceptors (Lipinski definition) is 3. The van der Waals surface area contributed by atoms with Crippen LogP contribution in [0.5, 0.6) is 0 Å². The molecule has 0 spiro atoms. The van der Waals surface area contributed by atoms with E-state index in [2.05, 4.69) is 113 Å². The molecule has 0 radical (unpaired) electrons. The molecule has 0 fully saturated rings. The van der Waals surface area contributed by atoms with Crippen molar-refractivity contribution >= 4 is 11.4 Å². The lowest BCUT2D eigenvalue weighted by Gasteiger charge is -2.33. The summed E-state index contributed by atoms with van der Waals surface area (Å²) in [7, 11) is 0. The quantitative estimate of drug-likeness (QED) is 0.413. The van der Waals surface area contributed by atoms with Crippen molar-refractivity contribution in [3.63, 3.8) is 0 Å². The first kappa shape index (κ1) is 23.7. The van der Waals surface area contributed by atoms with Crippen molar-refractivity contribution in [1.29, 1.82) is 0 Å². The molecule has 0 aliphatic carbocycles. The molecule has 0 saturated heterocycles. The highest BCUT2D eigenvalue weighted by Crippen LogP contribution is 2.21. The van der Waals surface area contributed by atoms with Crippen molar-refractivity contribution in [2.24, 2.45) is 10.9 Å². The van der Waals surface area contributed by atoms with Gasteiger partial charge in [-0.1, -0.05) is 69.0 Å². The maximum absolute atomic E-state index is 5.17. The molecule has 0 aromatic heterocycles. The zero-order valence-corrected chi connectivity index (χ0v) is 19.7. The van der Waals surface area contributed by atoms with Crippen molar-refractivity contribution in [3.05, 3.63) is 78.0 Å². The summed E-state index contributed by atoms with van der Waals surface area (Å²) >= 11 is 0. The number of nitrogens with zero attached hydrogens (tertiary/aromatic N) is 2. The van der Waals surface area contributed by atoms with Crippen LogP contribution in [0.15, 0.2) is 71.9 Å². The van der Waals surface area contributed by atoms with Crippen molar-refractivity contribution < 1.29 is 0 Å². The zero-order valence-electron chi connectivity index (χ0n) is 19.7. The SMILES string of the molecule is C=C(CNc1ccccc1C)N(CC(=NC(C)c1ccccc1)C(C)CC)C(C)C. The Labute approximate surface area is 183 Å². The third-order valence-corrected chi connectivity index (χ3v) is 5.81. The summed E-state index contributed by atoms with van der Waals surface area (Å²) in [6.07, 6.45) is 1.08. The maximum atomic E-state index is 5.17. The van der Waals surface area contributed by atoms with Crippen LogP contribution in [-0.2, 0) is 0 Å². The van der Waals surface area contributed by atoms with E-state index in [9.17, 15) is 0 Å². The van der Waals surface area contributed by atoms with Gasteiger partial charge in [-0.2, -0.15) is 0 Å². The molecule has 0 heterocycles. The van der Waals surface area contributed by atoms with Gasteiger partial charge in [0.1, 0.15) is 0 Å². The van der Waals surface area contributed by atoms with Gasteiger partial charge < -0.3 is 10.2 Å². The van der Waals surface area contributed by atoms with Gasteiger partial charge in [-0.15, -0.1) is 0 Å². The molecule has 0 aliphatic rings. The van der Waals surface area contributed by atoms with Crippen LogP contribution in [0.4, 0.5) is 5.69 Å². The monoisotopic (exact) mass is 405 g/mol. The maximum Gasteiger partial charge on any atom is 0.0721 e. The number of nitrogens with one attached hydrogen (secondary N) is 1. The van der Waals surface area contributed by atoms with Gasteiger partial charge in [-0.25, -0.2) is 0 Å². The molecule has 0 aliphatic heterocycles. The molecular formula is C27H39N3. The minimum absolute atomic E-state index is 0.155. The van der Waals surface area contributed by atoms with Gasteiger partial charge in [0.2, 0.25) is 0 Å². The average molecular weight is 406 g/mol. The van der Waals surface area contributed by atoms with Gasteiger partial charge in [-0.3, -0.25) is 4.99 Å². The first-order chi connectivity index (χ1) is 14.3. The van der Waals surface area contributed by atoms with Crippen molar-refractivity contribution in [2.75, 3.05) is 18.4 Å². The Kier molecular flexibility index (Phi) is 9.16. The van der Waals surface area contributed by atoms with E-state index < -0.39 is 0 Å². The number of aryl methyl sites for hydroxylation is 1. The van der Waals surface area contributed by atoms with Crippen LogP contribution in [0.1, 0.15) is 58.2 Å². The standard InChI is InChI=1S/C27H39N3/c1-8-21(4)27(29-24(7)25-15-10-9-11-16-25)19-30(20(2)3)23(6)18-28-26-17-13-12-14-22(26)5/h9-17,20-21,24,28H,6,8,18-19H2,1-5,7H3. The van der Waals surface area contributed by atoms with E-state index in [-0.39, 0.29) is 6.04 Å². The molecule has 0 saturated carbocycles. The third-order valence-electron chi connectivity index (χ3n) is 5.81. The molecule has 0 amide bonds. The molecule has 2 aromatic carbocycles. The van der Waals surface area contributed by atoms with E-state index in [1.807, 2.05) is 0 Å². The molecule has 2 rings (SSSR count). The fourth-order valence-corrected chi connectivity index (χ4v) is 3.52. The van der Waals surface area contributed by atoms with Crippen molar-refractivity contribution in [2.45, 2.75) is 60.0 Å². The van der Waals surface area contributed by atoms with E-state index in [0.29, 0.717) is 12.0 Å². The number of para-hydroxylation sites is 1. The summed E-state index contributed by atoms with van der Waals surface area (Å²) in [5.41, 5.74) is 6.02. The van der Waals surface area contributed by atoms with Gasteiger partial charge in [0, 0.05) is 23.1 Å². The fraction of sp³-hybridized carbons (Fsp3) is 0.444. The zero-order chi connectivity index (χ0) is 22.1. The second-order valence-corrected chi connectivity index (χ2v) is 8.47. The number of rotatable bonds is 11. The Morgan fingerprint density at radius 1 is 1.00 bits per heavy atom. The normalized spacial score (nSPS) is 13.8. The summed E-state index contributed by atoms with van der Waals surface area (Å²) in [5, 5.41) is 3.55. The molecular weight excluding hydrogens is 366 g/mol. The molecule has 3 heteroatoms. The van der Waals surface area contributed by atoms with Crippen LogP contribution in [-0.4, -0.2) is 29.7 Å². The van der Waals surface area contributed by atoms with Gasteiger partial charge in [-0.05, 0) is 57.2 Å². The van der Waals surface area contributed by atoms with Crippen LogP contribution in [0.25, 0.3) is 0 Å². The van der Waals surface area contributed by atoms with E-state index in [0.717, 1.165) is 30.9 Å². The van der Waals surface area contributed by atoms with E-state index in [1.54, 1.807) is 0 Å². The predicted octanol–water partition coefficient (Wildman–Crippen LogP) is 6.88. The minimum atomic E-state index is 0.155. The first-order valence-corrected chi connectivity index (χ1v) is 11.2. The second kappa shape index (κ2) is 11.6. The van der Waals surface area contributed by atoms with Gasteiger partial charge in [0.25, 0.3) is 0 Å². The smallest absolute Gasteiger partial charge is 0.0721 e. The van der Waals surface area contributed by atoms with E-state index in [4.69, 9.17) is 4.99 Å². The Hall–Kier alpha value is -2.55. The highest BCUT2D eigenvalue weighted by molar-refractivity contribution is 5.88. The molecule has 0 bridgehead atoms. The number of aliphatic imine (C=N–C) groups is 1. The lowest BCUT2D eigenvalue weighted by atomic mass is 10.00. The number of benzene rings is 2. The minimum Gasteiger partial charge on any atom is -0.379 e. The molecule has 2 unspecified atom stereocenters. The molecule has 30 heavy (non-hydrogen) atoms.